The van der Waals surface area contributed by atoms with Gasteiger partial charge >= 0.3 is 12.2 Å². The summed E-state index contributed by atoms with van der Waals surface area (Å²) in [6.45, 7) is 12.0. The van der Waals surface area contributed by atoms with Gasteiger partial charge in [-0.3, -0.25) is 10.00 Å². The van der Waals surface area contributed by atoms with Crippen LogP contribution in [0, 0.1) is 0 Å². The Kier molecular flexibility index (Phi) is 7.07. The quantitative estimate of drug-likeness (QED) is 0.519. The number of nitrogens with one attached hydrogen (secondary N) is 1. The van der Waals surface area contributed by atoms with Crippen molar-refractivity contribution in [2.75, 3.05) is 18.5 Å². The molecule has 1 N–H and O–H groups in total. The lowest BCUT2D eigenvalue weighted by atomic mass is 10.2. The molecule has 1 aliphatic rings. The fraction of sp³-hybridized carbons (Fsp3) is 0.538. The lowest BCUT2D eigenvalue weighted by Gasteiger charge is -2.28. The van der Waals surface area contributed by atoms with E-state index in [-0.39, 0.29) is 12.1 Å². The monoisotopic (exact) mass is 512 g/mol. The van der Waals surface area contributed by atoms with Crippen molar-refractivity contribution < 1.29 is 23.8 Å². The zero-order valence-electron chi connectivity index (χ0n) is 22.6. The number of imidazole rings is 1. The van der Waals surface area contributed by atoms with E-state index in [1.165, 1.54) is 0 Å². The van der Waals surface area contributed by atoms with Crippen LogP contribution < -0.4 is 10.1 Å². The number of pyridine rings is 1. The summed E-state index contributed by atoms with van der Waals surface area (Å²) < 4.78 is 20.6. The minimum atomic E-state index is -0.602. The molecule has 4 rings (SSSR count). The summed E-state index contributed by atoms with van der Waals surface area (Å²) >= 11 is 0. The zero-order chi connectivity index (χ0) is 27.0. The molecule has 3 aromatic rings. The number of ether oxygens (including phenoxy) is 3. The Balaban J connectivity index is 1.48. The number of likely N-dealkylation sites (tertiary alicyclic amines) is 1. The summed E-state index contributed by atoms with van der Waals surface area (Å²) in [5, 5.41) is 7.05. The number of aromatic nitrogens is 4. The molecule has 0 unspecified atom stereocenters. The van der Waals surface area contributed by atoms with E-state index in [1.807, 2.05) is 50.5 Å². The Morgan fingerprint density at radius 2 is 1.81 bits per heavy atom. The number of amides is 2. The van der Waals surface area contributed by atoms with Gasteiger partial charge in [0.15, 0.2) is 11.6 Å². The number of carbonyl (C=O) groups excluding carboxylic acids is 2. The maximum Gasteiger partial charge on any atom is 0.413 e. The van der Waals surface area contributed by atoms with Crippen LogP contribution in [0.4, 0.5) is 15.4 Å². The van der Waals surface area contributed by atoms with E-state index in [0.29, 0.717) is 30.4 Å². The summed E-state index contributed by atoms with van der Waals surface area (Å²) in [6, 6.07) is 3.71. The van der Waals surface area contributed by atoms with Gasteiger partial charge in [-0.1, -0.05) is 0 Å². The van der Waals surface area contributed by atoms with Gasteiger partial charge in [0.25, 0.3) is 0 Å². The van der Waals surface area contributed by atoms with Crippen molar-refractivity contribution in [2.45, 2.75) is 71.6 Å². The first-order valence-corrected chi connectivity index (χ1v) is 12.4. The highest BCUT2D eigenvalue weighted by molar-refractivity contribution is 5.84. The lowest BCUT2D eigenvalue weighted by Crippen LogP contribution is -2.42. The molecule has 1 fully saturated rings. The van der Waals surface area contributed by atoms with Gasteiger partial charge in [-0.25, -0.2) is 14.6 Å². The maximum absolute atomic E-state index is 12.6. The molecular weight excluding hydrogens is 476 g/mol. The van der Waals surface area contributed by atoms with E-state index in [2.05, 4.69) is 15.4 Å². The summed E-state index contributed by atoms with van der Waals surface area (Å²) in [6.07, 6.45) is 6.17. The third kappa shape index (κ3) is 6.52. The molecule has 4 heterocycles. The van der Waals surface area contributed by atoms with Gasteiger partial charge in [-0.15, -0.1) is 0 Å². The zero-order valence-corrected chi connectivity index (χ0v) is 22.6. The molecule has 37 heavy (non-hydrogen) atoms. The minimum Gasteiger partial charge on any atom is -0.487 e. The van der Waals surface area contributed by atoms with Crippen LogP contribution in [0.25, 0.3) is 16.9 Å². The van der Waals surface area contributed by atoms with Crippen LogP contribution in [0.5, 0.6) is 5.75 Å². The Bertz CT molecular complexity index is 1280. The van der Waals surface area contributed by atoms with Gasteiger partial charge in [0.1, 0.15) is 29.2 Å². The molecule has 0 aliphatic carbocycles. The Morgan fingerprint density at radius 3 is 2.51 bits per heavy atom. The molecule has 1 saturated heterocycles. The van der Waals surface area contributed by atoms with Crippen LogP contribution in [0.3, 0.4) is 0 Å². The van der Waals surface area contributed by atoms with Crippen molar-refractivity contribution in [1.29, 1.82) is 0 Å². The molecule has 11 nitrogen and oxygen atoms in total. The second-order valence-corrected chi connectivity index (χ2v) is 11.2. The minimum absolute atomic E-state index is 0.0690. The normalized spacial score (nSPS) is 16.2. The topological polar surface area (TPSA) is 112 Å². The smallest absolute Gasteiger partial charge is 0.413 e. The number of rotatable bonds is 5. The molecule has 0 bridgehead atoms. The molecule has 1 atom stereocenters. The summed E-state index contributed by atoms with van der Waals surface area (Å²) in [7, 11) is 1.85. The van der Waals surface area contributed by atoms with E-state index in [1.54, 1.807) is 42.7 Å². The lowest BCUT2D eigenvalue weighted by molar-refractivity contribution is 0.0187. The van der Waals surface area contributed by atoms with E-state index in [4.69, 9.17) is 14.2 Å². The highest BCUT2D eigenvalue weighted by Gasteiger charge is 2.33. The third-order valence-corrected chi connectivity index (χ3v) is 5.70. The van der Waals surface area contributed by atoms with E-state index in [9.17, 15) is 9.59 Å². The fourth-order valence-electron chi connectivity index (χ4n) is 4.21. The second-order valence-electron chi connectivity index (χ2n) is 11.2. The number of carbonyl (C=O) groups is 2. The second kappa shape index (κ2) is 9.95. The number of hydrogen-bond donors (Lipinski definition) is 1. The van der Waals surface area contributed by atoms with Gasteiger partial charge in [-0.2, -0.15) is 5.10 Å². The molecule has 0 saturated carbocycles. The van der Waals surface area contributed by atoms with E-state index in [0.717, 1.165) is 24.1 Å². The SMILES string of the molecule is Cn1ncc(OC[C@H]2CCCN2C(=O)OC(C)(C)C)c1-c1ccc2nc(NC(=O)OC(C)(C)C)cn2c1. The third-order valence-electron chi connectivity index (χ3n) is 5.70. The molecule has 0 aromatic carbocycles. The molecule has 3 aromatic heterocycles. The van der Waals surface area contributed by atoms with Crippen molar-refractivity contribution in [2.24, 2.45) is 7.05 Å². The Labute approximate surface area is 216 Å². The molecule has 11 heteroatoms. The number of anilines is 1. The van der Waals surface area contributed by atoms with Gasteiger partial charge in [0, 0.05) is 25.4 Å². The summed E-state index contributed by atoms with van der Waals surface area (Å²) in [5.41, 5.74) is 1.17. The van der Waals surface area contributed by atoms with Crippen molar-refractivity contribution in [3.05, 3.63) is 30.7 Å². The first kappa shape index (κ1) is 26.3. The molecule has 1 aliphatic heterocycles. The van der Waals surface area contributed by atoms with Crippen molar-refractivity contribution >= 4 is 23.7 Å². The molecule has 2 amide bonds. The van der Waals surface area contributed by atoms with Crippen LogP contribution in [0.1, 0.15) is 54.4 Å². The highest BCUT2D eigenvalue weighted by Crippen LogP contribution is 2.31. The van der Waals surface area contributed by atoms with Crippen LogP contribution in [-0.2, 0) is 16.5 Å². The van der Waals surface area contributed by atoms with Gasteiger partial charge in [0.05, 0.1) is 18.4 Å². The predicted molar refractivity (Wildman–Crippen MR) is 139 cm³/mol. The van der Waals surface area contributed by atoms with Crippen molar-refractivity contribution in [3.63, 3.8) is 0 Å². The number of fused-ring (bicyclic) bond motifs is 1. The van der Waals surface area contributed by atoms with Crippen LogP contribution in [0.15, 0.2) is 30.7 Å². The Morgan fingerprint density at radius 1 is 1.08 bits per heavy atom. The molecule has 200 valence electrons. The van der Waals surface area contributed by atoms with Gasteiger partial charge < -0.3 is 23.5 Å². The fourth-order valence-corrected chi connectivity index (χ4v) is 4.21. The largest absolute Gasteiger partial charge is 0.487 e. The average molecular weight is 513 g/mol. The first-order chi connectivity index (χ1) is 17.3. The number of hydrogen-bond acceptors (Lipinski definition) is 7. The van der Waals surface area contributed by atoms with Crippen LogP contribution in [-0.4, -0.2) is 66.6 Å². The molecule has 0 spiro atoms. The summed E-state index contributed by atoms with van der Waals surface area (Å²) in [4.78, 5) is 30.9. The first-order valence-electron chi connectivity index (χ1n) is 12.4. The number of aryl methyl sites for hydroxylation is 1. The maximum atomic E-state index is 12.6. The predicted octanol–water partition coefficient (Wildman–Crippen LogP) is 4.86. The van der Waals surface area contributed by atoms with Crippen molar-refractivity contribution in [3.8, 4) is 17.0 Å². The summed E-state index contributed by atoms with van der Waals surface area (Å²) in [5.74, 6) is 1.00. The van der Waals surface area contributed by atoms with Crippen molar-refractivity contribution in [1.82, 2.24) is 24.1 Å². The van der Waals surface area contributed by atoms with Crippen LogP contribution >= 0.6 is 0 Å². The highest BCUT2D eigenvalue weighted by atomic mass is 16.6. The standard InChI is InChI=1S/C26H36N6O5/c1-25(2,3)36-23(33)29-20-15-31-14-17(10-11-21(31)28-20)22-19(13-27-30(22)7)35-16-18-9-8-12-32(18)24(34)37-26(4,5)6/h10-11,13-15,18H,8-9,12,16H2,1-7H3,(H,29,33)/t18-/m1/s1. The Hall–Kier alpha value is -3.76. The molecular formula is C26H36N6O5. The average Bonchev–Trinajstić information content (AvgIpc) is 3.46. The van der Waals surface area contributed by atoms with Gasteiger partial charge in [-0.05, 0) is 66.5 Å². The van der Waals surface area contributed by atoms with E-state index < -0.39 is 17.3 Å². The number of nitrogens with zero attached hydrogens (tertiary/aromatic N) is 5. The van der Waals surface area contributed by atoms with E-state index >= 15 is 0 Å². The molecule has 0 radical (unpaired) electrons. The van der Waals surface area contributed by atoms with Gasteiger partial charge in [0.2, 0.25) is 0 Å². The van der Waals surface area contributed by atoms with Crippen LogP contribution in [0.2, 0.25) is 0 Å².